The summed E-state index contributed by atoms with van der Waals surface area (Å²) < 4.78 is 34.6. The van der Waals surface area contributed by atoms with Gasteiger partial charge in [-0.15, -0.1) is 0 Å². The molecular formula is C21H24F2N4O2S. The van der Waals surface area contributed by atoms with E-state index < -0.39 is 17.2 Å². The van der Waals surface area contributed by atoms with Crippen LogP contribution >= 0.6 is 11.8 Å². The van der Waals surface area contributed by atoms with Gasteiger partial charge in [0.05, 0.1) is 23.0 Å². The number of nitriles is 1. The number of benzene rings is 1. The zero-order chi connectivity index (χ0) is 21.1. The highest BCUT2D eigenvalue weighted by Crippen LogP contribution is 2.30. The standard InChI is InChI=1S/C21H24F2N4O2S/c22-19-16(25-13-3-1-12(10-24)2-4-13)9-15-18(20(19)23)21(28)27-17(26-15)11-30-14-5-7-29-8-6-14/h9,12-14,25H,1-8,11H2,(H,26,27,28)/t12-,13+. The van der Waals surface area contributed by atoms with Crippen molar-refractivity contribution < 1.29 is 13.5 Å². The van der Waals surface area contributed by atoms with Crippen molar-refractivity contribution in [2.45, 2.75) is 55.6 Å². The normalized spacial score (nSPS) is 22.7. The number of nitrogens with one attached hydrogen (secondary N) is 2. The summed E-state index contributed by atoms with van der Waals surface area (Å²) in [6.45, 7) is 1.46. The van der Waals surface area contributed by atoms with Crippen molar-refractivity contribution in [3.63, 3.8) is 0 Å². The molecule has 0 radical (unpaired) electrons. The van der Waals surface area contributed by atoms with E-state index >= 15 is 0 Å². The summed E-state index contributed by atoms with van der Waals surface area (Å²) in [6.07, 6.45) is 4.80. The van der Waals surface area contributed by atoms with Gasteiger partial charge in [0.2, 0.25) is 0 Å². The fourth-order valence-electron chi connectivity index (χ4n) is 4.08. The molecular weight excluding hydrogens is 410 g/mol. The number of aromatic amines is 1. The van der Waals surface area contributed by atoms with Crippen LogP contribution in [0.2, 0.25) is 0 Å². The van der Waals surface area contributed by atoms with Crippen molar-refractivity contribution >= 4 is 28.4 Å². The van der Waals surface area contributed by atoms with Crippen molar-refractivity contribution in [3.8, 4) is 6.07 Å². The van der Waals surface area contributed by atoms with Gasteiger partial charge < -0.3 is 15.0 Å². The highest BCUT2D eigenvalue weighted by Gasteiger charge is 2.24. The third kappa shape index (κ3) is 4.60. The van der Waals surface area contributed by atoms with Gasteiger partial charge in [0.1, 0.15) is 11.2 Å². The number of nitrogens with zero attached hydrogens (tertiary/aromatic N) is 2. The van der Waals surface area contributed by atoms with E-state index in [-0.39, 0.29) is 28.6 Å². The molecule has 1 saturated heterocycles. The number of H-pyrrole nitrogens is 1. The Balaban J connectivity index is 1.55. The second-order valence-electron chi connectivity index (χ2n) is 7.90. The van der Waals surface area contributed by atoms with Gasteiger partial charge in [-0.3, -0.25) is 4.79 Å². The summed E-state index contributed by atoms with van der Waals surface area (Å²) >= 11 is 1.69. The smallest absolute Gasteiger partial charge is 0.261 e. The molecule has 2 N–H and O–H groups in total. The van der Waals surface area contributed by atoms with E-state index in [4.69, 9.17) is 10.00 Å². The van der Waals surface area contributed by atoms with Crippen LogP contribution in [0.4, 0.5) is 14.5 Å². The first-order valence-corrected chi connectivity index (χ1v) is 11.4. The Bertz CT molecular complexity index is 1010. The van der Waals surface area contributed by atoms with Crippen molar-refractivity contribution in [2.75, 3.05) is 18.5 Å². The number of rotatable bonds is 5. The third-order valence-electron chi connectivity index (χ3n) is 5.82. The topological polar surface area (TPSA) is 90.8 Å². The van der Waals surface area contributed by atoms with E-state index in [9.17, 15) is 13.6 Å². The molecule has 1 saturated carbocycles. The summed E-state index contributed by atoms with van der Waals surface area (Å²) in [4.78, 5) is 19.4. The second-order valence-corrected chi connectivity index (χ2v) is 9.19. The number of thioether (sulfide) groups is 1. The molecule has 2 fully saturated rings. The van der Waals surface area contributed by atoms with Crippen LogP contribution in [0.25, 0.3) is 10.9 Å². The van der Waals surface area contributed by atoms with Gasteiger partial charge in [0.15, 0.2) is 11.6 Å². The molecule has 9 heteroatoms. The van der Waals surface area contributed by atoms with Crippen LogP contribution in [0.1, 0.15) is 44.3 Å². The zero-order valence-electron chi connectivity index (χ0n) is 16.5. The molecule has 2 aromatic rings. The van der Waals surface area contributed by atoms with Crippen molar-refractivity contribution in [2.24, 2.45) is 5.92 Å². The maximum absolute atomic E-state index is 14.7. The number of hydrogen-bond donors (Lipinski definition) is 2. The fraction of sp³-hybridized carbons (Fsp3) is 0.571. The van der Waals surface area contributed by atoms with E-state index in [1.54, 1.807) is 11.8 Å². The molecule has 30 heavy (non-hydrogen) atoms. The predicted molar refractivity (Wildman–Crippen MR) is 112 cm³/mol. The van der Waals surface area contributed by atoms with Crippen LogP contribution in [0.3, 0.4) is 0 Å². The summed E-state index contributed by atoms with van der Waals surface area (Å²) in [6, 6.07) is 3.64. The molecule has 1 aromatic carbocycles. The van der Waals surface area contributed by atoms with Gasteiger partial charge in [-0.05, 0) is 44.6 Å². The van der Waals surface area contributed by atoms with Crippen LogP contribution in [0.15, 0.2) is 10.9 Å². The van der Waals surface area contributed by atoms with Crippen LogP contribution in [-0.2, 0) is 10.5 Å². The lowest BCUT2D eigenvalue weighted by Crippen LogP contribution is -2.26. The molecule has 2 aliphatic rings. The van der Waals surface area contributed by atoms with Gasteiger partial charge in [-0.25, -0.2) is 13.8 Å². The number of halogens is 2. The van der Waals surface area contributed by atoms with Crippen molar-refractivity contribution in [3.05, 3.63) is 33.9 Å². The first-order chi connectivity index (χ1) is 14.5. The van der Waals surface area contributed by atoms with E-state index in [0.29, 0.717) is 29.7 Å². The van der Waals surface area contributed by atoms with E-state index in [0.717, 1.165) is 38.9 Å². The van der Waals surface area contributed by atoms with Gasteiger partial charge in [-0.1, -0.05) is 0 Å². The predicted octanol–water partition coefficient (Wildman–Crippen LogP) is 4.11. The molecule has 1 aliphatic heterocycles. The SMILES string of the molecule is N#C[C@H]1CC[C@@H](Nc2cc3nc(CSC4CCOCC4)[nH]c(=O)c3c(F)c2F)CC1. The summed E-state index contributed by atoms with van der Waals surface area (Å²) in [5, 5.41) is 12.1. The van der Waals surface area contributed by atoms with Crippen LogP contribution in [0, 0.1) is 28.9 Å². The summed E-state index contributed by atoms with van der Waals surface area (Å²) in [5.74, 6) is -1.28. The minimum atomic E-state index is -1.18. The Morgan fingerprint density at radius 3 is 2.63 bits per heavy atom. The average molecular weight is 435 g/mol. The Hall–Kier alpha value is -2.18. The summed E-state index contributed by atoms with van der Waals surface area (Å²) in [7, 11) is 0. The molecule has 0 spiro atoms. The minimum Gasteiger partial charge on any atom is -0.381 e. The highest BCUT2D eigenvalue weighted by molar-refractivity contribution is 7.99. The molecule has 0 atom stereocenters. The van der Waals surface area contributed by atoms with Crippen LogP contribution in [-0.4, -0.2) is 34.5 Å². The third-order valence-corrected chi connectivity index (χ3v) is 7.20. The molecule has 0 unspecified atom stereocenters. The molecule has 0 amide bonds. The quantitative estimate of drug-likeness (QED) is 0.736. The van der Waals surface area contributed by atoms with Crippen molar-refractivity contribution in [1.29, 1.82) is 5.26 Å². The lowest BCUT2D eigenvalue weighted by Gasteiger charge is -2.26. The molecule has 4 rings (SSSR count). The molecule has 6 nitrogen and oxygen atoms in total. The zero-order valence-corrected chi connectivity index (χ0v) is 17.4. The molecule has 1 aliphatic carbocycles. The van der Waals surface area contributed by atoms with Gasteiger partial charge in [0.25, 0.3) is 5.56 Å². The minimum absolute atomic E-state index is 0.0153. The van der Waals surface area contributed by atoms with E-state index in [1.807, 2.05) is 0 Å². The first kappa shape index (κ1) is 21.1. The Kier molecular flexibility index (Phi) is 6.54. The maximum atomic E-state index is 14.7. The van der Waals surface area contributed by atoms with Crippen LogP contribution < -0.4 is 10.9 Å². The lowest BCUT2D eigenvalue weighted by atomic mass is 9.87. The highest BCUT2D eigenvalue weighted by atomic mass is 32.2. The van der Waals surface area contributed by atoms with Gasteiger partial charge >= 0.3 is 0 Å². The maximum Gasteiger partial charge on any atom is 0.261 e. The largest absolute Gasteiger partial charge is 0.381 e. The van der Waals surface area contributed by atoms with Crippen LogP contribution in [0.5, 0.6) is 0 Å². The first-order valence-electron chi connectivity index (χ1n) is 10.3. The second kappa shape index (κ2) is 9.31. The monoisotopic (exact) mass is 434 g/mol. The number of aromatic nitrogens is 2. The molecule has 160 valence electrons. The number of anilines is 1. The molecule has 0 bridgehead atoms. The van der Waals surface area contributed by atoms with Crippen molar-refractivity contribution in [1.82, 2.24) is 9.97 Å². The fourth-order valence-corrected chi connectivity index (χ4v) is 5.14. The Morgan fingerprint density at radius 2 is 1.93 bits per heavy atom. The Labute approximate surface area is 177 Å². The average Bonchev–Trinajstić information content (AvgIpc) is 2.76. The van der Waals surface area contributed by atoms with Gasteiger partial charge in [0, 0.05) is 30.4 Å². The summed E-state index contributed by atoms with van der Waals surface area (Å²) in [5.41, 5.74) is -0.505. The van der Waals surface area contributed by atoms with E-state index in [1.165, 1.54) is 6.07 Å². The number of hydrogen-bond acceptors (Lipinski definition) is 6. The number of fused-ring (bicyclic) bond motifs is 1. The van der Waals surface area contributed by atoms with Gasteiger partial charge in [-0.2, -0.15) is 17.0 Å². The molecule has 2 heterocycles. The Morgan fingerprint density at radius 1 is 1.20 bits per heavy atom. The lowest BCUT2D eigenvalue weighted by molar-refractivity contribution is 0.1000. The number of ether oxygens (including phenoxy) is 1. The van der Waals surface area contributed by atoms with E-state index in [2.05, 4.69) is 21.4 Å². The molecule has 1 aromatic heterocycles.